The second-order valence-corrected chi connectivity index (χ2v) is 6.22. The number of carbonyl (C=O) groups excluding carboxylic acids is 1. The largest absolute Gasteiger partial charge is 0.493 e. The fourth-order valence-electron chi connectivity index (χ4n) is 2.84. The molecule has 2 rings (SSSR count). The lowest BCUT2D eigenvalue weighted by atomic mass is 10.1. The molecule has 6 nitrogen and oxygen atoms in total. The fraction of sp³-hybridized carbons (Fsp3) is 0.318. The second kappa shape index (κ2) is 10.3. The zero-order valence-electron chi connectivity index (χ0n) is 17.0. The van der Waals surface area contributed by atoms with Gasteiger partial charge >= 0.3 is 0 Å². The van der Waals surface area contributed by atoms with Crippen LogP contribution in [-0.4, -0.2) is 40.4 Å². The molecule has 6 heteroatoms. The van der Waals surface area contributed by atoms with E-state index in [9.17, 15) is 4.79 Å². The normalized spacial score (nSPS) is 10.6. The number of carbonyl (C=O) groups is 1. The van der Waals surface area contributed by atoms with Gasteiger partial charge in [-0.2, -0.15) is 0 Å². The van der Waals surface area contributed by atoms with Crippen molar-refractivity contribution >= 4 is 12.0 Å². The first kappa shape index (κ1) is 21.2. The zero-order chi connectivity index (χ0) is 20.5. The number of hydrogen-bond donors (Lipinski definition) is 1. The summed E-state index contributed by atoms with van der Waals surface area (Å²) < 4.78 is 21.7. The molecule has 0 aliphatic carbocycles. The highest BCUT2D eigenvalue weighted by Gasteiger charge is 2.14. The first-order chi connectivity index (χ1) is 13.5. The quantitative estimate of drug-likeness (QED) is 0.528. The number of methoxy groups -OCH3 is 3. The lowest BCUT2D eigenvalue weighted by molar-refractivity contribution is -0.116. The number of aryl methyl sites for hydroxylation is 2. The molecule has 0 radical (unpaired) electrons. The van der Waals surface area contributed by atoms with Crippen LogP contribution in [0.2, 0.25) is 0 Å². The van der Waals surface area contributed by atoms with E-state index in [1.807, 2.05) is 26.0 Å². The monoisotopic (exact) mass is 385 g/mol. The maximum Gasteiger partial charge on any atom is 0.244 e. The van der Waals surface area contributed by atoms with Crippen molar-refractivity contribution in [2.24, 2.45) is 0 Å². The van der Waals surface area contributed by atoms with Crippen LogP contribution < -0.4 is 24.3 Å². The second-order valence-electron chi connectivity index (χ2n) is 6.22. The van der Waals surface area contributed by atoms with Crippen LogP contribution in [0.25, 0.3) is 6.08 Å². The summed E-state index contributed by atoms with van der Waals surface area (Å²) in [5.74, 6) is 2.13. The lowest BCUT2D eigenvalue weighted by Crippen LogP contribution is -2.26. The third-order valence-corrected chi connectivity index (χ3v) is 4.01. The highest BCUT2D eigenvalue weighted by atomic mass is 16.5. The third-order valence-electron chi connectivity index (χ3n) is 4.01. The standard InChI is InChI=1S/C22H27NO5/c1-15-12-16(2)14-18(13-15)28-11-10-23-20(24)9-7-17-6-8-19(25-3)22(27-5)21(17)26-4/h6-9,12-14H,10-11H2,1-5H3,(H,23,24)/b9-7+. The van der Waals surface area contributed by atoms with E-state index in [1.165, 1.54) is 13.2 Å². The minimum absolute atomic E-state index is 0.221. The molecular weight excluding hydrogens is 358 g/mol. The topological polar surface area (TPSA) is 66.0 Å². The summed E-state index contributed by atoms with van der Waals surface area (Å²) in [5, 5.41) is 2.79. The van der Waals surface area contributed by atoms with Crippen LogP contribution in [0, 0.1) is 13.8 Å². The Morgan fingerprint density at radius 2 is 1.64 bits per heavy atom. The smallest absolute Gasteiger partial charge is 0.244 e. The van der Waals surface area contributed by atoms with Gasteiger partial charge in [0, 0.05) is 11.6 Å². The van der Waals surface area contributed by atoms with Gasteiger partial charge in [-0.25, -0.2) is 0 Å². The zero-order valence-corrected chi connectivity index (χ0v) is 17.0. The van der Waals surface area contributed by atoms with Gasteiger partial charge in [0.05, 0.1) is 27.9 Å². The molecule has 0 saturated heterocycles. The van der Waals surface area contributed by atoms with Crippen LogP contribution in [0.1, 0.15) is 16.7 Å². The molecule has 28 heavy (non-hydrogen) atoms. The van der Waals surface area contributed by atoms with E-state index in [0.717, 1.165) is 16.9 Å². The van der Waals surface area contributed by atoms with Crippen molar-refractivity contribution in [2.45, 2.75) is 13.8 Å². The van der Waals surface area contributed by atoms with E-state index in [0.29, 0.717) is 36.0 Å². The molecule has 0 aromatic heterocycles. The minimum atomic E-state index is -0.221. The fourth-order valence-corrected chi connectivity index (χ4v) is 2.84. The number of amides is 1. The van der Waals surface area contributed by atoms with E-state index < -0.39 is 0 Å². The van der Waals surface area contributed by atoms with E-state index in [4.69, 9.17) is 18.9 Å². The Labute approximate surface area is 166 Å². The van der Waals surface area contributed by atoms with Crippen molar-refractivity contribution in [3.63, 3.8) is 0 Å². The number of hydrogen-bond acceptors (Lipinski definition) is 5. The summed E-state index contributed by atoms with van der Waals surface area (Å²) in [4.78, 5) is 12.1. The van der Waals surface area contributed by atoms with Crippen LogP contribution in [0.5, 0.6) is 23.0 Å². The van der Waals surface area contributed by atoms with Crippen molar-refractivity contribution in [2.75, 3.05) is 34.5 Å². The highest BCUT2D eigenvalue weighted by Crippen LogP contribution is 2.40. The van der Waals surface area contributed by atoms with Crippen LogP contribution in [0.3, 0.4) is 0 Å². The van der Waals surface area contributed by atoms with Gasteiger partial charge in [-0.3, -0.25) is 4.79 Å². The molecule has 0 fully saturated rings. The predicted molar refractivity (Wildman–Crippen MR) is 110 cm³/mol. The van der Waals surface area contributed by atoms with Crippen molar-refractivity contribution in [1.29, 1.82) is 0 Å². The predicted octanol–water partition coefficient (Wildman–Crippen LogP) is 3.54. The van der Waals surface area contributed by atoms with Crippen LogP contribution in [-0.2, 0) is 4.79 Å². The molecule has 150 valence electrons. The van der Waals surface area contributed by atoms with Gasteiger partial charge in [0.15, 0.2) is 11.5 Å². The molecule has 0 spiro atoms. The summed E-state index contributed by atoms with van der Waals surface area (Å²) in [6, 6.07) is 9.59. The lowest BCUT2D eigenvalue weighted by Gasteiger charge is -2.14. The van der Waals surface area contributed by atoms with E-state index in [1.54, 1.807) is 32.4 Å². The number of rotatable bonds is 9. The number of nitrogens with one attached hydrogen (secondary N) is 1. The average molecular weight is 385 g/mol. The van der Waals surface area contributed by atoms with Gasteiger partial charge in [-0.1, -0.05) is 6.07 Å². The molecule has 0 bridgehead atoms. The SMILES string of the molecule is COc1ccc(/C=C/C(=O)NCCOc2cc(C)cc(C)c2)c(OC)c1OC. The number of benzene rings is 2. The molecule has 0 aliphatic rings. The van der Waals surface area contributed by atoms with E-state index in [-0.39, 0.29) is 5.91 Å². The van der Waals surface area contributed by atoms with E-state index in [2.05, 4.69) is 11.4 Å². The first-order valence-corrected chi connectivity index (χ1v) is 8.94. The Balaban J connectivity index is 1.91. The summed E-state index contributed by atoms with van der Waals surface area (Å²) >= 11 is 0. The molecule has 0 heterocycles. The third kappa shape index (κ3) is 5.67. The van der Waals surface area contributed by atoms with Gasteiger partial charge in [-0.05, 0) is 55.3 Å². The first-order valence-electron chi connectivity index (χ1n) is 8.94. The number of ether oxygens (including phenoxy) is 4. The molecule has 1 amide bonds. The van der Waals surface area contributed by atoms with Crippen LogP contribution >= 0.6 is 0 Å². The molecule has 0 unspecified atom stereocenters. The Bertz CT molecular complexity index is 825. The molecular formula is C22H27NO5. The summed E-state index contributed by atoms with van der Waals surface area (Å²) in [7, 11) is 4.63. The van der Waals surface area contributed by atoms with Crippen molar-refractivity contribution in [3.8, 4) is 23.0 Å². The Kier molecular flexibility index (Phi) is 7.75. The summed E-state index contributed by atoms with van der Waals surface area (Å²) in [6.07, 6.45) is 3.11. The molecule has 0 atom stereocenters. The van der Waals surface area contributed by atoms with Gasteiger partial charge in [0.2, 0.25) is 11.7 Å². The van der Waals surface area contributed by atoms with Gasteiger partial charge in [-0.15, -0.1) is 0 Å². The van der Waals surface area contributed by atoms with Crippen LogP contribution in [0.15, 0.2) is 36.4 Å². The molecule has 2 aromatic rings. The minimum Gasteiger partial charge on any atom is -0.493 e. The van der Waals surface area contributed by atoms with Crippen molar-refractivity contribution < 1.29 is 23.7 Å². The molecule has 0 aliphatic heterocycles. The van der Waals surface area contributed by atoms with Gasteiger partial charge in [0.1, 0.15) is 12.4 Å². The van der Waals surface area contributed by atoms with Crippen LogP contribution in [0.4, 0.5) is 0 Å². The molecule has 0 saturated carbocycles. The summed E-state index contributed by atoms with van der Waals surface area (Å²) in [6.45, 7) is 4.84. The summed E-state index contributed by atoms with van der Waals surface area (Å²) in [5.41, 5.74) is 3.00. The molecule has 2 aromatic carbocycles. The van der Waals surface area contributed by atoms with Crippen molar-refractivity contribution in [3.05, 3.63) is 53.1 Å². The highest BCUT2D eigenvalue weighted by molar-refractivity contribution is 5.92. The van der Waals surface area contributed by atoms with Gasteiger partial charge in [0.25, 0.3) is 0 Å². The Hall–Kier alpha value is -3.15. The molecule has 1 N–H and O–H groups in total. The van der Waals surface area contributed by atoms with E-state index >= 15 is 0 Å². The maximum absolute atomic E-state index is 12.1. The Morgan fingerprint density at radius 1 is 0.964 bits per heavy atom. The van der Waals surface area contributed by atoms with Crippen molar-refractivity contribution in [1.82, 2.24) is 5.32 Å². The maximum atomic E-state index is 12.1. The Morgan fingerprint density at radius 3 is 2.25 bits per heavy atom. The van der Waals surface area contributed by atoms with Gasteiger partial charge < -0.3 is 24.3 Å². The average Bonchev–Trinajstić information content (AvgIpc) is 2.67.